The molecule has 128 valence electrons. The van der Waals surface area contributed by atoms with Gasteiger partial charge >= 0.3 is 17.9 Å². The van der Waals surface area contributed by atoms with E-state index in [1.807, 2.05) is 0 Å². The Balaban J connectivity index is 3.09. The van der Waals surface area contributed by atoms with E-state index in [0.717, 1.165) is 13.8 Å². The maximum absolute atomic E-state index is 11.3. The fourth-order valence-electron chi connectivity index (χ4n) is 2.08. The molecule has 0 bridgehead atoms. The molecular formula is C12H16ClN3O7. The minimum atomic E-state index is -1.86. The van der Waals surface area contributed by atoms with Crippen molar-refractivity contribution in [3.05, 3.63) is 10.4 Å². The molecule has 0 radical (unpaired) electrons. The van der Waals surface area contributed by atoms with E-state index >= 15 is 0 Å². The molecule has 1 rings (SSSR count). The first-order valence-electron chi connectivity index (χ1n) is 6.57. The number of hydrogen-bond acceptors (Lipinski definition) is 8. The smallest absolute Gasteiger partial charge is 0.303 e. The highest BCUT2D eigenvalue weighted by Gasteiger charge is 2.50. The quantitative estimate of drug-likeness (QED) is 0.139. The van der Waals surface area contributed by atoms with Crippen LogP contribution in [0.25, 0.3) is 10.4 Å². The summed E-state index contributed by atoms with van der Waals surface area (Å²) in [5, 5.41) is 1.45. The zero-order valence-electron chi connectivity index (χ0n) is 12.7. The van der Waals surface area contributed by atoms with Gasteiger partial charge in [0.1, 0.15) is 18.8 Å². The summed E-state index contributed by atoms with van der Waals surface area (Å²) in [5.74, 6) is -1.91. The molecule has 1 aliphatic heterocycles. The van der Waals surface area contributed by atoms with Gasteiger partial charge in [0.2, 0.25) is 5.18 Å². The molecular weight excluding hydrogens is 334 g/mol. The summed E-state index contributed by atoms with van der Waals surface area (Å²) in [5.41, 5.74) is 8.58. The number of carbonyl (C=O) groups is 3. The molecule has 0 aromatic carbocycles. The molecule has 0 aromatic rings. The maximum Gasteiger partial charge on any atom is 0.303 e. The van der Waals surface area contributed by atoms with Crippen LogP contribution in [0.2, 0.25) is 0 Å². The average molecular weight is 350 g/mol. The third kappa shape index (κ3) is 5.93. The predicted octanol–water partition coefficient (Wildman–Crippen LogP) is 1.40. The minimum absolute atomic E-state index is 0.243. The van der Waals surface area contributed by atoms with Crippen molar-refractivity contribution in [3.63, 3.8) is 0 Å². The van der Waals surface area contributed by atoms with Crippen molar-refractivity contribution in [2.45, 2.75) is 50.7 Å². The van der Waals surface area contributed by atoms with E-state index in [2.05, 4.69) is 10.0 Å². The first kappa shape index (κ1) is 19.0. The minimum Gasteiger partial charge on any atom is -0.463 e. The second kappa shape index (κ2) is 8.00. The van der Waals surface area contributed by atoms with Crippen molar-refractivity contribution in [2.75, 3.05) is 6.61 Å². The number of nitrogens with zero attached hydrogens (tertiary/aromatic N) is 3. The Morgan fingerprint density at radius 2 is 1.87 bits per heavy atom. The molecule has 0 amide bonds. The van der Waals surface area contributed by atoms with Gasteiger partial charge in [0.25, 0.3) is 0 Å². The fourth-order valence-corrected chi connectivity index (χ4v) is 2.38. The number of azide groups is 1. The molecule has 0 spiro atoms. The number of ether oxygens (including phenoxy) is 4. The van der Waals surface area contributed by atoms with Gasteiger partial charge in [0, 0.05) is 32.1 Å². The summed E-state index contributed by atoms with van der Waals surface area (Å²) in [4.78, 5) is 36.1. The van der Waals surface area contributed by atoms with Crippen molar-refractivity contribution >= 4 is 29.5 Å². The number of carbonyl (C=O) groups excluding carboxylic acids is 3. The topological polar surface area (TPSA) is 137 Å². The molecule has 0 aromatic heterocycles. The first-order chi connectivity index (χ1) is 10.7. The van der Waals surface area contributed by atoms with E-state index in [1.54, 1.807) is 0 Å². The normalized spacial score (nSPS) is 29.8. The second-order valence-corrected chi connectivity index (χ2v) is 5.35. The van der Waals surface area contributed by atoms with Crippen molar-refractivity contribution in [1.82, 2.24) is 0 Å². The summed E-state index contributed by atoms with van der Waals surface area (Å²) >= 11 is 6.05. The summed E-state index contributed by atoms with van der Waals surface area (Å²) in [6.45, 7) is 3.16. The average Bonchev–Trinajstić information content (AvgIpc) is 2.38. The van der Waals surface area contributed by atoms with E-state index < -0.39 is 41.4 Å². The fraction of sp³-hybridized carbons (Fsp3) is 0.750. The summed E-state index contributed by atoms with van der Waals surface area (Å²) in [6, 6.07) is 0. The van der Waals surface area contributed by atoms with Crippen LogP contribution in [0.1, 0.15) is 27.2 Å². The lowest BCUT2D eigenvalue weighted by Crippen LogP contribution is -2.56. The van der Waals surface area contributed by atoms with Crippen LogP contribution < -0.4 is 0 Å². The molecule has 1 aliphatic rings. The molecule has 1 heterocycles. The number of rotatable bonds is 5. The van der Waals surface area contributed by atoms with Gasteiger partial charge in [0.05, 0.1) is 0 Å². The van der Waals surface area contributed by atoms with Crippen LogP contribution in [0.5, 0.6) is 0 Å². The Bertz CT molecular complexity index is 537. The molecule has 1 fully saturated rings. The van der Waals surface area contributed by atoms with Gasteiger partial charge in [-0.05, 0) is 10.6 Å². The molecule has 10 nitrogen and oxygen atoms in total. The summed E-state index contributed by atoms with van der Waals surface area (Å²) in [6.07, 6.45) is -3.43. The number of esters is 3. The molecule has 4 atom stereocenters. The highest BCUT2D eigenvalue weighted by atomic mass is 35.5. The Morgan fingerprint density at radius 1 is 1.26 bits per heavy atom. The Labute approximate surface area is 136 Å². The SMILES string of the molecule is CC(=O)OC[C@H]1O[C@@](Cl)(N=[N+]=[N-])C[C@@H](OC(C)=O)[C@H]1OC(C)=O. The van der Waals surface area contributed by atoms with Gasteiger partial charge in [-0.3, -0.25) is 14.4 Å². The zero-order chi connectivity index (χ0) is 17.6. The second-order valence-electron chi connectivity index (χ2n) is 4.76. The van der Waals surface area contributed by atoms with Crippen LogP contribution >= 0.6 is 11.6 Å². The summed E-state index contributed by atoms with van der Waals surface area (Å²) < 4.78 is 20.4. The maximum atomic E-state index is 11.3. The molecule has 0 unspecified atom stereocenters. The van der Waals surface area contributed by atoms with Gasteiger partial charge in [-0.15, -0.1) is 0 Å². The van der Waals surface area contributed by atoms with Crippen LogP contribution in [0.15, 0.2) is 5.11 Å². The van der Waals surface area contributed by atoms with E-state index in [0.29, 0.717) is 0 Å². The van der Waals surface area contributed by atoms with E-state index in [-0.39, 0.29) is 13.0 Å². The standard InChI is InChI=1S/C12H16ClN3O7/c1-6(17)20-5-10-11(22-8(3)19)9(21-7(2)18)4-12(13,23-10)15-16-14/h9-11H,4-5H2,1-3H3/t9-,10-,11-,12+/m1/s1. The molecule has 23 heavy (non-hydrogen) atoms. The van der Waals surface area contributed by atoms with Crippen LogP contribution in [0.3, 0.4) is 0 Å². The number of alkyl halides is 1. The third-order valence-corrected chi connectivity index (χ3v) is 3.10. The Kier molecular flexibility index (Phi) is 6.62. The molecule has 0 aliphatic carbocycles. The largest absolute Gasteiger partial charge is 0.463 e. The third-order valence-electron chi connectivity index (χ3n) is 2.78. The van der Waals surface area contributed by atoms with Crippen LogP contribution in [-0.4, -0.2) is 48.0 Å². The molecule has 0 saturated carbocycles. The predicted molar refractivity (Wildman–Crippen MR) is 75.0 cm³/mol. The van der Waals surface area contributed by atoms with Crippen molar-refractivity contribution < 1.29 is 33.3 Å². The Morgan fingerprint density at radius 3 is 2.35 bits per heavy atom. The van der Waals surface area contributed by atoms with Gasteiger partial charge in [-0.1, -0.05) is 11.6 Å². The molecule has 11 heteroatoms. The van der Waals surface area contributed by atoms with E-state index in [9.17, 15) is 14.4 Å². The van der Waals surface area contributed by atoms with E-state index in [1.165, 1.54) is 6.92 Å². The van der Waals surface area contributed by atoms with Gasteiger partial charge in [0.15, 0.2) is 6.10 Å². The monoisotopic (exact) mass is 349 g/mol. The van der Waals surface area contributed by atoms with Crippen molar-refractivity contribution in [3.8, 4) is 0 Å². The number of halogens is 1. The molecule has 1 saturated heterocycles. The van der Waals surface area contributed by atoms with Gasteiger partial charge in [-0.2, -0.15) is 0 Å². The van der Waals surface area contributed by atoms with Crippen molar-refractivity contribution in [2.24, 2.45) is 5.11 Å². The lowest BCUT2D eigenvalue weighted by Gasteiger charge is -2.42. The highest BCUT2D eigenvalue weighted by Crippen LogP contribution is 2.37. The lowest BCUT2D eigenvalue weighted by atomic mass is 10.00. The highest BCUT2D eigenvalue weighted by molar-refractivity contribution is 6.22. The lowest BCUT2D eigenvalue weighted by molar-refractivity contribution is -0.222. The zero-order valence-corrected chi connectivity index (χ0v) is 13.5. The van der Waals surface area contributed by atoms with Gasteiger partial charge in [-0.25, -0.2) is 0 Å². The van der Waals surface area contributed by atoms with Crippen LogP contribution in [0, 0.1) is 0 Å². The first-order valence-corrected chi connectivity index (χ1v) is 6.95. The van der Waals surface area contributed by atoms with E-state index in [4.69, 9.17) is 36.1 Å². The number of hydrogen-bond donors (Lipinski definition) is 0. The summed E-state index contributed by atoms with van der Waals surface area (Å²) in [7, 11) is 0. The van der Waals surface area contributed by atoms with Crippen LogP contribution in [0.4, 0.5) is 0 Å². The van der Waals surface area contributed by atoms with Crippen LogP contribution in [-0.2, 0) is 33.3 Å². The van der Waals surface area contributed by atoms with Crippen molar-refractivity contribution in [1.29, 1.82) is 0 Å². The molecule has 0 N–H and O–H groups in total. The Hall–Kier alpha value is -2.03. The van der Waals surface area contributed by atoms with Gasteiger partial charge < -0.3 is 18.9 Å².